The third-order valence-corrected chi connectivity index (χ3v) is 0.658. The van der Waals surface area contributed by atoms with E-state index in [4.69, 9.17) is 0 Å². The quantitative estimate of drug-likeness (QED) is 0.291. The van der Waals surface area contributed by atoms with E-state index < -0.39 is 0 Å². The maximum Gasteiger partial charge on any atom is 0.316 e. The summed E-state index contributed by atoms with van der Waals surface area (Å²) in [6, 6.07) is 0. The van der Waals surface area contributed by atoms with Crippen molar-refractivity contribution < 1.29 is 0 Å². The van der Waals surface area contributed by atoms with Crippen molar-refractivity contribution in [1.82, 2.24) is 0 Å². The van der Waals surface area contributed by atoms with Crippen LogP contribution in [0.25, 0.3) is 0 Å². The normalized spacial score (nSPS) is 7.00. The number of unbranched alkanes of at least 4 members (excludes halogenated alkanes) is 2. The molecule has 0 aromatic heterocycles. The summed E-state index contributed by atoms with van der Waals surface area (Å²) in [4.78, 5) is 0. The predicted octanol–water partition coefficient (Wildman–Crippen LogP) is 1.26. The molecule has 0 saturated heterocycles. The molecule has 0 aromatic carbocycles. The van der Waals surface area contributed by atoms with E-state index in [1.54, 1.807) is 0 Å². The smallest absolute Gasteiger partial charge is 0.103 e. The van der Waals surface area contributed by atoms with E-state index in [1.165, 1.54) is 6.42 Å². The fourth-order valence-corrected chi connectivity index (χ4v) is 0.289. The first kappa shape index (κ1) is 10.5. The van der Waals surface area contributed by atoms with Gasteiger partial charge < -0.3 is 0 Å². The predicted molar refractivity (Wildman–Crippen MR) is 37.9 cm³/mol. The lowest BCUT2D eigenvalue weighted by Crippen LogP contribution is -1.62. The van der Waals surface area contributed by atoms with Crippen molar-refractivity contribution in [3.05, 3.63) is 19.6 Å². The topological polar surface area (TPSA) is 0 Å². The summed E-state index contributed by atoms with van der Waals surface area (Å²) in [6.45, 7) is 7.25. The third-order valence-electron chi connectivity index (χ3n) is 0.658. The second-order valence-electron chi connectivity index (χ2n) is 1.28. The molecule has 0 aliphatic rings. The van der Waals surface area contributed by atoms with Gasteiger partial charge in [0.05, 0.1) is 0 Å². The Labute approximate surface area is 62.1 Å². The van der Waals surface area contributed by atoms with Crippen LogP contribution in [0.1, 0.15) is 19.3 Å². The van der Waals surface area contributed by atoms with Gasteiger partial charge in [-0.05, 0) is 12.8 Å². The fourth-order valence-electron chi connectivity index (χ4n) is 0.289. The van der Waals surface area contributed by atoms with E-state index in [0.29, 0.717) is 0 Å². The van der Waals surface area contributed by atoms with Crippen LogP contribution in [0, 0.1) is 6.92 Å². The summed E-state index contributed by atoms with van der Waals surface area (Å²) in [5, 5.41) is 0. The average Bonchev–Trinajstić information content (AvgIpc) is 1.61. The molecule has 0 rings (SSSR count). The van der Waals surface area contributed by atoms with Gasteiger partial charge in [-0.25, -0.2) is 0 Å². The lowest BCUT2D eigenvalue weighted by atomic mass is 10.3. The van der Waals surface area contributed by atoms with Crippen LogP contribution >= 0.6 is 0 Å². The van der Waals surface area contributed by atoms with Crippen LogP contribution in [0.4, 0.5) is 0 Å². The fraction of sp³-hybridized carbons (Fsp3) is 0.500. The van der Waals surface area contributed by atoms with Gasteiger partial charge >= 0.3 is 23.1 Å². The molecule has 0 nitrogen and oxygen atoms in total. The molecule has 0 fully saturated rings. The molecular weight excluding hydrogens is 96.4 g/mol. The van der Waals surface area contributed by atoms with Crippen LogP contribution in [-0.2, 0) is 0 Å². The van der Waals surface area contributed by atoms with Crippen molar-refractivity contribution in [2.75, 3.05) is 0 Å². The molecule has 0 N–H and O–H groups in total. The van der Waals surface area contributed by atoms with Crippen molar-refractivity contribution in [2.45, 2.75) is 19.3 Å². The zero-order valence-corrected chi connectivity index (χ0v) is 4.11. The summed E-state index contributed by atoms with van der Waals surface area (Å²) in [5.41, 5.74) is 0. The molecule has 0 amide bonds. The van der Waals surface area contributed by atoms with Crippen molar-refractivity contribution in [3.63, 3.8) is 0 Å². The number of hydrogen-bond acceptors (Lipinski definition) is 0. The number of rotatable bonds is 3. The minimum absolute atomic E-state index is 0. The lowest BCUT2D eigenvalue weighted by Gasteiger charge is -1.81. The van der Waals surface area contributed by atoms with Gasteiger partial charge in [-0.2, -0.15) is 0 Å². The monoisotopic (exact) mass is 109 g/mol. The van der Waals surface area contributed by atoms with Crippen molar-refractivity contribution in [1.29, 1.82) is 0 Å². The van der Waals surface area contributed by atoms with Crippen LogP contribution in [-0.4, -0.2) is 23.1 Å². The second-order valence-corrected chi connectivity index (χ2v) is 1.28. The highest BCUT2D eigenvalue weighted by atomic mass is 24.3. The Bertz CT molecular complexity index is 33.2. The highest BCUT2D eigenvalue weighted by molar-refractivity contribution is 5.75. The van der Waals surface area contributed by atoms with Crippen molar-refractivity contribution >= 4 is 23.1 Å². The van der Waals surface area contributed by atoms with Gasteiger partial charge in [0, 0.05) is 0 Å². The maximum absolute atomic E-state index is 3.68. The standard InChI is InChI=1S/C6H11.Mg.2H/c1-3-5-6-4-2;;;/h3H,1-2,4-6H2;;;. The van der Waals surface area contributed by atoms with Gasteiger partial charge in [0.1, 0.15) is 0 Å². The van der Waals surface area contributed by atoms with Gasteiger partial charge in [0.15, 0.2) is 0 Å². The molecule has 0 heterocycles. The van der Waals surface area contributed by atoms with E-state index >= 15 is 0 Å². The van der Waals surface area contributed by atoms with Crippen molar-refractivity contribution in [3.8, 4) is 0 Å². The first-order valence-electron chi connectivity index (χ1n) is 2.32. The number of hydrogen-bond donors (Lipinski definition) is 0. The molecule has 0 spiro atoms. The Morgan fingerprint density at radius 1 is 1.43 bits per heavy atom. The van der Waals surface area contributed by atoms with Crippen LogP contribution in [0.5, 0.6) is 0 Å². The zero-order valence-electron chi connectivity index (χ0n) is 4.11. The molecule has 0 aliphatic heterocycles. The minimum atomic E-state index is 0. The highest BCUT2D eigenvalue weighted by Gasteiger charge is 1.71. The molecule has 7 heavy (non-hydrogen) atoms. The first-order chi connectivity index (χ1) is 2.91. The van der Waals surface area contributed by atoms with E-state index in [-0.39, 0.29) is 23.1 Å². The van der Waals surface area contributed by atoms with Crippen LogP contribution in [0.2, 0.25) is 0 Å². The largest absolute Gasteiger partial charge is 0.316 e. The molecule has 0 atom stereocenters. The summed E-state index contributed by atoms with van der Waals surface area (Å²) in [6.07, 6.45) is 5.25. The Hall–Kier alpha value is 0.506. The zero-order chi connectivity index (χ0) is 4.83. The van der Waals surface area contributed by atoms with Gasteiger partial charge in [-0.15, -0.1) is 6.58 Å². The Balaban J connectivity index is 0. The maximum atomic E-state index is 3.68. The first-order valence-corrected chi connectivity index (χ1v) is 2.32. The Kier molecular flexibility index (Phi) is 14.5. The van der Waals surface area contributed by atoms with E-state index in [0.717, 1.165) is 12.8 Å². The average molecular weight is 109 g/mol. The molecule has 1 radical (unpaired) electrons. The molecule has 0 unspecified atom stereocenters. The van der Waals surface area contributed by atoms with E-state index in [1.807, 2.05) is 6.08 Å². The SMILES string of the molecule is [CH2]CCCC=C.[MgH2]. The Morgan fingerprint density at radius 3 is 2.14 bits per heavy atom. The minimum Gasteiger partial charge on any atom is -0.103 e. The molecule has 0 aromatic rings. The Morgan fingerprint density at radius 2 is 2.00 bits per heavy atom. The van der Waals surface area contributed by atoms with Gasteiger partial charge in [-0.1, -0.05) is 19.4 Å². The molecule has 0 bridgehead atoms. The van der Waals surface area contributed by atoms with Gasteiger partial charge in [0.25, 0.3) is 0 Å². The van der Waals surface area contributed by atoms with E-state index in [2.05, 4.69) is 13.5 Å². The molecule has 1 heteroatoms. The summed E-state index contributed by atoms with van der Waals surface area (Å²) in [5.74, 6) is 0. The third kappa shape index (κ3) is 10.7. The van der Waals surface area contributed by atoms with Crippen LogP contribution < -0.4 is 0 Å². The summed E-state index contributed by atoms with van der Waals surface area (Å²) < 4.78 is 0. The molecule has 39 valence electrons. The van der Waals surface area contributed by atoms with Gasteiger partial charge in [0.2, 0.25) is 0 Å². The molecule has 0 saturated carbocycles. The van der Waals surface area contributed by atoms with Gasteiger partial charge in [-0.3, -0.25) is 0 Å². The summed E-state index contributed by atoms with van der Waals surface area (Å²) >= 11 is 0. The molecule has 0 aliphatic carbocycles. The van der Waals surface area contributed by atoms with Crippen molar-refractivity contribution in [2.24, 2.45) is 0 Å². The van der Waals surface area contributed by atoms with E-state index in [9.17, 15) is 0 Å². The number of allylic oxidation sites excluding steroid dienone is 1. The second kappa shape index (κ2) is 9.71. The van der Waals surface area contributed by atoms with Crippen LogP contribution in [0.15, 0.2) is 12.7 Å². The van der Waals surface area contributed by atoms with Crippen LogP contribution in [0.3, 0.4) is 0 Å². The lowest BCUT2D eigenvalue weighted by molar-refractivity contribution is 0.867. The summed E-state index contributed by atoms with van der Waals surface area (Å²) in [7, 11) is 0. The molecular formula is C6H13Mg. The highest BCUT2D eigenvalue weighted by Crippen LogP contribution is 1.90.